The number of fused-ring (bicyclic) bond motifs is 1. The standard InChI is InChI=1S/C15H7FN6S/c16-10-3-9(7-19-8-10)15-20-13-2-1-11(4-14(13)23-15)21-22-12(5-17)6-18/h1-4,7-8,21H. The van der Waals surface area contributed by atoms with Gasteiger partial charge < -0.3 is 0 Å². The van der Waals surface area contributed by atoms with Gasteiger partial charge in [0.2, 0.25) is 5.71 Å². The van der Waals surface area contributed by atoms with E-state index in [1.807, 2.05) is 0 Å². The van der Waals surface area contributed by atoms with Crippen LogP contribution < -0.4 is 5.43 Å². The highest BCUT2D eigenvalue weighted by Crippen LogP contribution is 2.31. The van der Waals surface area contributed by atoms with Crippen molar-refractivity contribution >= 4 is 33.0 Å². The molecule has 0 aliphatic heterocycles. The van der Waals surface area contributed by atoms with Gasteiger partial charge in [0.1, 0.15) is 23.0 Å². The number of nitrogens with zero attached hydrogens (tertiary/aromatic N) is 5. The lowest BCUT2D eigenvalue weighted by Crippen LogP contribution is -1.95. The van der Waals surface area contributed by atoms with Crippen LogP contribution in [-0.4, -0.2) is 15.7 Å². The summed E-state index contributed by atoms with van der Waals surface area (Å²) in [7, 11) is 0. The molecule has 2 aromatic heterocycles. The van der Waals surface area contributed by atoms with Gasteiger partial charge in [0.25, 0.3) is 0 Å². The Balaban J connectivity index is 1.94. The number of nitriles is 2. The molecule has 8 heteroatoms. The number of halogens is 1. The van der Waals surface area contributed by atoms with Crippen molar-refractivity contribution in [3.63, 3.8) is 0 Å². The zero-order valence-corrected chi connectivity index (χ0v) is 12.3. The van der Waals surface area contributed by atoms with Crippen LogP contribution >= 0.6 is 11.3 Å². The third-order valence-electron chi connectivity index (χ3n) is 2.85. The highest BCUT2D eigenvalue weighted by molar-refractivity contribution is 7.21. The van der Waals surface area contributed by atoms with Crippen LogP contribution in [0.4, 0.5) is 10.1 Å². The average molecular weight is 322 g/mol. The Morgan fingerprint density at radius 3 is 2.78 bits per heavy atom. The number of hydrogen-bond donors (Lipinski definition) is 1. The molecule has 0 bridgehead atoms. The van der Waals surface area contributed by atoms with E-state index in [1.165, 1.54) is 17.4 Å². The van der Waals surface area contributed by atoms with Gasteiger partial charge in [0, 0.05) is 11.8 Å². The Morgan fingerprint density at radius 2 is 2.04 bits per heavy atom. The highest BCUT2D eigenvalue weighted by atomic mass is 32.1. The molecule has 110 valence electrons. The fraction of sp³-hybridized carbons (Fsp3) is 0. The largest absolute Gasteiger partial charge is 0.276 e. The van der Waals surface area contributed by atoms with Crippen LogP contribution in [0.15, 0.2) is 41.8 Å². The van der Waals surface area contributed by atoms with E-state index < -0.39 is 5.82 Å². The number of pyridine rings is 1. The Bertz CT molecular complexity index is 979. The van der Waals surface area contributed by atoms with Gasteiger partial charge in [0.05, 0.1) is 22.1 Å². The normalized spacial score (nSPS) is 9.87. The quantitative estimate of drug-likeness (QED) is 0.589. The summed E-state index contributed by atoms with van der Waals surface area (Å²) in [5, 5.41) is 21.6. The molecule has 2 heterocycles. The number of hydrogen-bond acceptors (Lipinski definition) is 7. The second-order valence-electron chi connectivity index (χ2n) is 4.39. The fourth-order valence-electron chi connectivity index (χ4n) is 1.84. The summed E-state index contributed by atoms with van der Waals surface area (Å²) in [4.78, 5) is 8.25. The van der Waals surface area contributed by atoms with Crippen LogP contribution in [0.5, 0.6) is 0 Å². The number of aromatic nitrogens is 2. The van der Waals surface area contributed by atoms with Crippen molar-refractivity contribution in [2.75, 3.05) is 5.43 Å². The van der Waals surface area contributed by atoms with Crippen molar-refractivity contribution in [3.05, 3.63) is 42.5 Å². The maximum Gasteiger partial charge on any atom is 0.237 e. The summed E-state index contributed by atoms with van der Waals surface area (Å²) in [6.07, 6.45) is 2.69. The molecular formula is C15H7FN6S. The molecule has 1 N–H and O–H groups in total. The van der Waals surface area contributed by atoms with Crippen molar-refractivity contribution in [1.29, 1.82) is 10.5 Å². The summed E-state index contributed by atoms with van der Waals surface area (Å²) in [5.74, 6) is -0.418. The number of rotatable bonds is 3. The van der Waals surface area contributed by atoms with Crippen LogP contribution in [0.25, 0.3) is 20.8 Å². The van der Waals surface area contributed by atoms with E-state index >= 15 is 0 Å². The van der Waals surface area contributed by atoms with Gasteiger partial charge in [-0.3, -0.25) is 10.4 Å². The molecule has 3 rings (SSSR count). The summed E-state index contributed by atoms with van der Waals surface area (Å²) in [6, 6.07) is 10.00. The maximum atomic E-state index is 13.3. The van der Waals surface area contributed by atoms with E-state index in [1.54, 1.807) is 36.5 Å². The van der Waals surface area contributed by atoms with Crippen LogP contribution in [0.1, 0.15) is 0 Å². The van der Waals surface area contributed by atoms with Gasteiger partial charge >= 0.3 is 0 Å². The Morgan fingerprint density at radius 1 is 1.22 bits per heavy atom. The molecule has 0 saturated heterocycles. The third-order valence-corrected chi connectivity index (χ3v) is 3.92. The average Bonchev–Trinajstić information content (AvgIpc) is 2.99. The van der Waals surface area contributed by atoms with Gasteiger partial charge in [-0.05, 0) is 24.3 Å². The monoisotopic (exact) mass is 322 g/mol. The van der Waals surface area contributed by atoms with E-state index in [0.29, 0.717) is 16.3 Å². The fourth-order valence-corrected chi connectivity index (χ4v) is 2.83. The Labute approximate surface area is 134 Å². The number of nitrogens with one attached hydrogen (secondary N) is 1. The van der Waals surface area contributed by atoms with Crippen LogP contribution in [-0.2, 0) is 0 Å². The molecule has 0 spiro atoms. The van der Waals surface area contributed by atoms with Crippen molar-refractivity contribution in [2.24, 2.45) is 5.10 Å². The molecule has 0 aliphatic carbocycles. The van der Waals surface area contributed by atoms with Crippen LogP contribution in [0, 0.1) is 28.5 Å². The lowest BCUT2D eigenvalue weighted by molar-refractivity contribution is 0.622. The van der Waals surface area contributed by atoms with Gasteiger partial charge in [-0.1, -0.05) is 0 Å². The van der Waals surface area contributed by atoms with Crippen molar-refractivity contribution < 1.29 is 4.39 Å². The predicted molar refractivity (Wildman–Crippen MR) is 85.1 cm³/mol. The zero-order valence-electron chi connectivity index (χ0n) is 11.5. The van der Waals surface area contributed by atoms with E-state index in [9.17, 15) is 4.39 Å². The number of anilines is 1. The summed E-state index contributed by atoms with van der Waals surface area (Å²) >= 11 is 1.38. The van der Waals surface area contributed by atoms with Gasteiger partial charge in [-0.2, -0.15) is 15.6 Å². The molecule has 0 amide bonds. The first-order valence-electron chi connectivity index (χ1n) is 6.35. The molecule has 23 heavy (non-hydrogen) atoms. The first kappa shape index (κ1) is 14.6. The molecule has 0 unspecified atom stereocenters. The second-order valence-corrected chi connectivity index (χ2v) is 5.42. The van der Waals surface area contributed by atoms with E-state index in [2.05, 4.69) is 20.5 Å². The third kappa shape index (κ3) is 3.12. The number of thiazole rings is 1. The van der Waals surface area contributed by atoms with Crippen molar-refractivity contribution in [3.8, 4) is 22.7 Å². The molecule has 1 aromatic carbocycles. The highest BCUT2D eigenvalue weighted by Gasteiger charge is 2.08. The molecule has 0 saturated carbocycles. The molecular weight excluding hydrogens is 315 g/mol. The summed E-state index contributed by atoms with van der Waals surface area (Å²) < 4.78 is 14.1. The first-order chi connectivity index (χ1) is 11.2. The predicted octanol–water partition coefficient (Wildman–Crippen LogP) is 3.31. The van der Waals surface area contributed by atoms with E-state index in [4.69, 9.17) is 10.5 Å². The lowest BCUT2D eigenvalue weighted by atomic mass is 10.3. The van der Waals surface area contributed by atoms with Gasteiger partial charge in [-0.25, -0.2) is 9.37 Å². The lowest BCUT2D eigenvalue weighted by Gasteiger charge is -1.98. The summed E-state index contributed by atoms with van der Waals surface area (Å²) in [5.41, 5.74) is 4.36. The zero-order chi connectivity index (χ0) is 16.2. The SMILES string of the molecule is N#CC(C#N)=NNc1ccc2nc(-c3cncc(F)c3)sc2c1. The van der Waals surface area contributed by atoms with Gasteiger partial charge in [-0.15, -0.1) is 11.3 Å². The molecule has 0 fully saturated rings. The Hall–Kier alpha value is -3.36. The maximum absolute atomic E-state index is 13.3. The van der Waals surface area contributed by atoms with Crippen molar-refractivity contribution in [1.82, 2.24) is 9.97 Å². The smallest absolute Gasteiger partial charge is 0.237 e. The summed E-state index contributed by atoms with van der Waals surface area (Å²) in [6.45, 7) is 0. The molecule has 0 aliphatic rings. The Kier molecular flexibility index (Phi) is 3.91. The van der Waals surface area contributed by atoms with Crippen molar-refractivity contribution in [2.45, 2.75) is 0 Å². The number of hydrazone groups is 1. The second kappa shape index (κ2) is 6.18. The topological polar surface area (TPSA) is 97.8 Å². The number of benzene rings is 1. The molecule has 0 atom stereocenters. The van der Waals surface area contributed by atoms with E-state index in [-0.39, 0.29) is 5.71 Å². The molecule has 0 radical (unpaired) electrons. The van der Waals surface area contributed by atoms with Gasteiger partial charge in [0.15, 0.2) is 0 Å². The minimum absolute atomic E-state index is 0.263. The van der Waals surface area contributed by atoms with Crippen LogP contribution in [0.3, 0.4) is 0 Å². The minimum atomic E-state index is -0.418. The first-order valence-corrected chi connectivity index (χ1v) is 7.16. The van der Waals surface area contributed by atoms with E-state index in [0.717, 1.165) is 16.4 Å². The molecule has 6 nitrogen and oxygen atoms in total. The molecule has 3 aromatic rings. The van der Waals surface area contributed by atoms with Crippen LogP contribution in [0.2, 0.25) is 0 Å². The minimum Gasteiger partial charge on any atom is -0.276 e.